The largest absolute Gasteiger partial charge is 0.507 e. The number of allylic oxidation sites excluding steroid dienone is 1. The Bertz CT molecular complexity index is 795. The van der Waals surface area contributed by atoms with Gasteiger partial charge in [-0.15, -0.1) is 16.8 Å². The molecule has 3 rings (SSSR count). The van der Waals surface area contributed by atoms with Crippen LogP contribution in [0.5, 0.6) is 5.75 Å². The summed E-state index contributed by atoms with van der Waals surface area (Å²) in [6.45, 7) is 3.69. The van der Waals surface area contributed by atoms with Gasteiger partial charge in [-0.2, -0.15) is 0 Å². The molecule has 0 bridgehead atoms. The van der Waals surface area contributed by atoms with Crippen molar-refractivity contribution < 1.29 is 5.11 Å². The summed E-state index contributed by atoms with van der Waals surface area (Å²) in [5.41, 5.74) is 3.87. The number of phenolic OH excluding ortho intramolecular Hbond substituents is 1. The van der Waals surface area contributed by atoms with Crippen LogP contribution in [-0.4, -0.2) is 19.6 Å². The van der Waals surface area contributed by atoms with Crippen LogP contribution in [0.15, 0.2) is 49.1 Å². The predicted molar refractivity (Wildman–Crippen MR) is 79.8 cm³/mol. The second-order valence-corrected chi connectivity index (χ2v) is 4.76. The van der Waals surface area contributed by atoms with Crippen LogP contribution in [0.1, 0.15) is 5.56 Å². The first-order chi connectivity index (χ1) is 9.69. The van der Waals surface area contributed by atoms with Gasteiger partial charge in [-0.05, 0) is 24.1 Å². The molecule has 20 heavy (non-hydrogen) atoms. The van der Waals surface area contributed by atoms with Crippen molar-refractivity contribution in [1.82, 2.24) is 14.5 Å². The maximum atomic E-state index is 10.2. The van der Waals surface area contributed by atoms with Gasteiger partial charge in [0.25, 0.3) is 0 Å². The van der Waals surface area contributed by atoms with Gasteiger partial charge in [-0.3, -0.25) is 0 Å². The molecule has 1 N–H and O–H groups in total. The smallest absolute Gasteiger partial charge is 0.123 e. The van der Waals surface area contributed by atoms with E-state index in [1.807, 2.05) is 30.3 Å². The van der Waals surface area contributed by atoms with Crippen LogP contribution >= 0.6 is 11.8 Å². The lowest BCUT2D eigenvalue weighted by molar-refractivity contribution is 0.477. The number of aromatic nitrogens is 3. The number of hydrogen-bond donors (Lipinski definition) is 1. The zero-order valence-corrected chi connectivity index (χ0v) is 11.4. The van der Waals surface area contributed by atoms with Gasteiger partial charge in [-0.1, -0.05) is 34.7 Å². The number of aromatic hydroxyl groups is 1. The molecule has 0 amide bonds. The molecule has 3 aromatic rings. The van der Waals surface area contributed by atoms with Crippen LogP contribution in [0.4, 0.5) is 0 Å². The number of benzene rings is 2. The van der Waals surface area contributed by atoms with Crippen molar-refractivity contribution in [1.29, 1.82) is 0 Å². The number of nitrogens with zero attached hydrogens (tertiary/aromatic N) is 3. The third-order valence-corrected chi connectivity index (χ3v) is 3.27. The molecular formula is C15H12ClN3O. The molecule has 0 atom stereocenters. The van der Waals surface area contributed by atoms with Crippen molar-refractivity contribution in [3.05, 3.63) is 54.6 Å². The third-order valence-electron chi connectivity index (χ3n) is 3.12. The second kappa shape index (κ2) is 4.98. The van der Waals surface area contributed by atoms with E-state index >= 15 is 0 Å². The summed E-state index contributed by atoms with van der Waals surface area (Å²) in [4.78, 5) is 0. The van der Waals surface area contributed by atoms with Gasteiger partial charge in [0.05, 0.1) is 11.8 Å². The maximum absolute atomic E-state index is 10.2. The second-order valence-electron chi connectivity index (χ2n) is 4.46. The lowest BCUT2D eigenvalue weighted by Gasteiger charge is -2.07. The van der Waals surface area contributed by atoms with Gasteiger partial charge in [0.1, 0.15) is 16.8 Å². The first kappa shape index (κ1) is 12.7. The Kier molecular flexibility index (Phi) is 3.16. The van der Waals surface area contributed by atoms with Crippen LogP contribution in [-0.2, 0) is 6.42 Å². The molecule has 0 aliphatic carbocycles. The molecule has 1 aromatic heterocycles. The van der Waals surface area contributed by atoms with Gasteiger partial charge in [0, 0.05) is 11.1 Å². The van der Waals surface area contributed by atoms with Gasteiger partial charge >= 0.3 is 0 Å². The van der Waals surface area contributed by atoms with Crippen molar-refractivity contribution in [2.75, 3.05) is 0 Å². The van der Waals surface area contributed by atoms with Gasteiger partial charge < -0.3 is 5.11 Å². The first-order valence-electron chi connectivity index (χ1n) is 6.14. The van der Waals surface area contributed by atoms with E-state index in [9.17, 15) is 5.11 Å². The van der Waals surface area contributed by atoms with E-state index in [1.54, 1.807) is 12.1 Å². The molecule has 1 heterocycles. The summed E-state index contributed by atoms with van der Waals surface area (Å²) >= 11 is 5.77. The van der Waals surface area contributed by atoms with Gasteiger partial charge in [0.15, 0.2) is 0 Å². The summed E-state index contributed by atoms with van der Waals surface area (Å²) in [6.07, 6.45) is 2.52. The number of rotatable bonds is 3. The monoisotopic (exact) mass is 285 g/mol. The standard InChI is InChI=1S/C15H12ClN3O/c1-2-4-10-7-8-11(14(20)9-10)12-5-3-6-13-15(12)18-19(16)17-13/h2-3,5-9,20H,1,4H2. The zero-order chi connectivity index (χ0) is 14.1. The van der Waals surface area contributed by atoms with Crippen molar-refractivity contribution in [2.24, 2.45) is 0 Å². The molecule has 0 aliphatic rings. The van der Waals surface area contributed by atoms with E-state index in [-0.39, 0.29) is 5.75 Å². The Balaban J connectivity index is 2.17. The lowest BCUT2D eigenvalue weighted by Crippen LogP contribution is -1.86. The highest BCUT2D eigenvalue weighted by atomic mass is 35.5. The molecular weight excluding hydrogens is 274 g/mol. The fraction of sp³-hybridized carbons (Fsp3) is 0.0667. The minimum Gasteiger partial charge on any atom is -0.507 e. The van der Waals surface area contributed by atoms with Crippen molar-refractivity contribution in [2.45, 2.75) is 6.42 Å². The fourth-order valence-corrected chi connectivity index (χ4v) is 2.38. The minimum atomic E-state index is 0.209. The third kappa shape index (κ3) is 2.14. The minimum absolute atomic E-state index is 0.209. The molecule has 0 fully saturated rings. The number of hydrogen-bond acceptors (Lipinski definition) is 3. The lowest BCUT2D eigenvalue weighted by atomic mass is 10.0. The highest BCUT2D eigenvalue weighted by Gasteiger charge is 2.12. The topological polar surface area (TPSA) is 50.9 Å². The van der Waals surface area contributed by atoms with Crippen LogP contribution < -0.4 is 0 Å². The SMILES string of the molecule is C=CCc1ccc(-c2cccc3nn(Cl)nc23)c(O)c1. The molecule has 100 valence electrons. The maximum Gasteiger partial charge on any atom is 0.123 e. The zero-order valence-electron chi connectivity index (χ0n) is 10.6. The number of halogens is 1. The Morgan fingerprint density at radius 2 is 2.05 bits per heavy atom. The van der Waals surface area contributed by atoms with Crippen molar-refractivity contribution >= 4 is 22.8 Å². The molecule has 0 radical (unpaired) electrons. The van der Waals surface area contributed by atoms with E-state index in [0.717, 1.165) is 21.9 Å². The average molecular weight is 286 g/mol. The van der Waals surface area contributed by atoms with E-state index in [2.05, 4.69) is 16.8 Å². The summed E-state index contributed by atoms with van der Waals surface area (Å²) in [6, 6.07) is 11.1. The molecule has 2 aromatic carbocycles. The quantitative estimate of drug-likeness (QED) is 0.749. The molecule has 4 nitrogen and oxygen atoms in total. The molecule has 0 saturated heterocycles. The number of phenols is 1. The number of fused-ring (bicyclic) bond motifs is 1. The van der Waals surface area contributed by atoms with Crippen LogP contribution in [0.2, 0.25) is 0 Å². The van der Waals surface area contributed by atoms with Gasteiger partial charge in [0.2, 0.25) is 0 Å². The van der Waals surface area contributed by atoms with Crippen LogP contribution in [0.3, 0.4) is 0 Å². The van der Waals surface area contributed by atoms with E-state index in [1.165, 1.54) is 0 Å². The summed E-state index contributed by atoms with van der Waals surface area (Å²) < 4.78 is 1.01. The van der Waals surface area contributed by atoms with Crippen molar-refractivity contribution in [3.63, 3.8) is 0 Å². The summed E-state index contributed by atoms with van der Waals surface area (Å²) in [7, 11) is 0. The Hall–Kier alpha value is -2.33. The van der Waals surface area contributed by atoms with E-state index < -0.39 is 0 Å². The van der Waals surface area contributed by atoms with Gasteiger partial charge in [-0.25, -0.2) is 0 Å². The van der Waals surface area contributed by atoms with Crippen LogP contribution in [0.25, 0.3) is 22.2 Å². The normalized spacial score (nSPS) is 10.8. The Morgan fingerprint density at radius 3 is 2.80 bits per heavy atom. The van der Waals surface area contributed by atoms with E-state index in [0.29, 0.717) is 16.6 Å². The van der Waals surface area contributed by atoms with Crippen LogP contribution in [0, 0.1) is 0 Å². The molecule has 5 heteroatoms. The van der Waals surface area contributed by atoms with E-state index in [4.69, 9.17) is 11.8 Å². The summed E-state index contributed by atoms with van der Waals surface area (Å²) in [5, 5.41) is 18.4. The fourth-order valence-electron chi connectivity index (χ4n) is 2.23. The highest BCUT2D eigenvalue weighted by Crippen LogP contribution is 2.33. The van der Waals surface area contributed by atoms with Crippen molar-refractivity contribution in [3.8, 4) is 16.9 Å². The average Bonchev–Trinajstić information content (AvgIpc) is 2.79. The highest BCUT2D eigenvalue weighted by molar-refractivity contribution is 6.14. The molecule has 0 spiro atoms. The predicted octanol–water partition coefficient (Wildman–Crippen LogP) is 3.53. The molecule has 0 aliphatic heterocycles. The summed E-state index contributed by atoms with van der Waals surface area (Å²) in [5.74, 6) is 0.209. The first-order valence-corrected chi connectivity index (χ1v) is 6.48. The molecule has 0 unspecified atom stereocenters. The molecule has 0 saturated carbocycles. The Morgan fingerprint density at radius 1 is 1.20 bits per heavy atom. The Labute approximate surface area is 121 Å².